The van der Waals surface area contributed by atoms with Crippen LogP contribution in [0.15, 0.2) is 72.8 Å². The lowest BCUT2D eigenvalue weighted by atomic mass is 10.1. The highest BCUT2D eigenvalue weighted by Crippen LogP contribution is 2.36. The summed E-state index contributed by atoms with van der Waals surface area (Å²) in [6.45, 7) is 0. The van der Waals surface area contributed by atoms with Gasteiger partial charge in [-0.25, -0.2) is 0 Å². The molecule has 110 valence electrons. The summed E-state index contributed by atoms with van der Waals surface area (Å²) in [5.41, 5.74) is 16.0. The van der Waals surface area contributed by atoms with Crippen LogP contribution in [-0.2, 0) is 0 Å². The van der Waals surface area contributed by atoms with Gasteiger partial charge < -0.3 is 21.5 Å². The lowest BCUT2D eigenvalue weighted by Gasteiger charge is -2.26. The monoisotopic (exact) mass is 291 g/mol. The third kappa shape index (κ3) is 2.81. The van der Waals surface area contributed by atoms with Crippen molar-refractivity contribution in [1.29, 1.82) is 0 Å². The van der Waals surface area contributed by atoms with Gasteiger partial charge in [0, 0.05) is 28.4 Å². The standard InChI is InChI=1S/C18H17N3O/c19-13-3-1-5-16(11-13)21(15-7-9-18(22)10-8-15)17-6-2-4-14(20)12-17/h1-12,22H,19-20H2. The number of hydrogen-bond donors (Lipinski definition) is 3. The molecule has 4 heteroatoms. The molecule has 3 aromatic rings. The second-order valence-corrected chi connectivity index (χ2v) is 5.04. The maximum atomic E-state index is 9.51. The van der Waals surface area contributed by atoms with E-state index in [1.165, 1.54) is 0 Å². The van der Waals surface area contributed by atoms with Gasteiger partial charge in [-0.3, -0.25) is 0 Å². The van der Waals surface area contributed by atoms with Crippen LogP contribution in [0.1, 0.15) is 0 Å². The number of anilines is 5. The van der Waals surface area contributed by atoms with Gasteiger partial charge >= 0.3 is 0 Å². The highest BCUT2D eigenvalue weighted by Gasteiger charge is 2.12. The van der Waals surface area contributed by atoms with E-state index in [2.05, 4.69) is 0 Å². The van der Waals surface area contributed by atoms with Crippen LogP contribution in [0.5, 0.6) is 5.75 Å². The van der Waals surface area contributed by atoms with Crippen LogP contribution in [0.4, 0.5) is 28.4 Å². The zero-order chi connectivity index (χ0) is 15.5. The summed E-state index contributed by atoms with van der Waals surface area (Å²) in [7, 11) is 0. The number of phenols is 1. The molecule has 0 aliphatic rings. The van der Waals surface area contributed by atoms with Gasteiger partial charge in [0.2, 0.25) is 0 Å². The largest absolute Gasteiger partial charge is 0.508 e. The van der Waals surface area contributed by atoms with E-state index in [4.69, 9.17) is 11.5 Å². The molecule has 0 aromatic heterocycles. The number of rotatable bonds is 3. The van der Waals surface area contributed by atoms with Gasteiger partial charge in [0.15, 0.2) is 0 Å². The minimum atomic E-state index is 0.226. The number of aromatic hydroxyl groups is 1. The van der Waals surface area contributed by atoms with Crippen molar-refractivity contribution in [3.8, 4) is 5.75 Å². The fraction of sp³-hybridized carbons (Fsp3) is 0. The molecule has 5 N–H and O–H groups in total. The fourth-order valence-electron chi connectivity index (χ4n) is 2.38. The van der Waals surface area contributed by atoms with Gasteiger partial charge in [0.05, 0.1) is 0 Å². The summed E-state index contributed by atoms with van der Waals surface area (Å²) >= 11 is 0. The first-order valence-corrected chi connectivity index (χ1v) is 6.94. The van der Waals surface area contributed by atoms with E-state index in [-0.39, 0.29) is 5.75 Å². The molecule has 0 saturated heterocycles. The third-order valence-electron chi connectivity index (χ3n) is 3.36. The predicted molar refractivity (Wildman–Crippen MR) is 91.6 cm³/mol. The molecule has 0 aliphatic heterocycles. The molecule has 4 nitrogen and oxygen atoms in total. The van der Waals surface area contributed by atoms with Crippen LogP contribution < -0.4 is 16.4 Å². The van der Waals surface area contributed by atoms with Gasteiger partial charge in [0.25, 0.3) is 0 Å². The van der Waals surface area contributed by atoms with Crippen molar-refractivity contribution in [3.63, 3.8) is 0 Å². The van der Waals surface area contributed by atoms with Gasteiger partial charge in [-0.2, -0.15) is 0 Å². The average Bonchev–Trinajstić information content (AvgIpc) is 2.50. The molecule has 0 aliphatic carbocycles. The number of nitrogens with two attached hydrogens (primary N) is 2. The zero-order valence-electron chi connectivity index (χ0n) is 12.0. The highest BCUT2D eigenvalue weighted by molar-refractivity contribution is 5.79. The number of benzene rings is 3. The first-order valence-electron chi connectivity index (χ1n) is 6.94. The van der Waals surface area contributed by atoms with Crippen LogP contribution in [0.2, 0.25) is 0 Å². The molecule has 0 heterocycles. The first-order chi connectivity index (χ1) is 10.6. The molecule has 0 spiro atoms. The van der Waals surface area contributed by atoms with Crippen LogP contribution in [-0.4, -0.2) is 5.11 Å². The summed E-state index contributed by atoms with van der Waals surface area (Å²) in [5.74, 6) is 0.226. The molecule has 0 radical (unpaired) electrons. The van der Waals surface area contributed by atoms with Crippen molar-refractivity contribution in [2.24, 2.45) is 0 Å². The molecule has 0 fully saturated rings. The SMILES string of the molecule is Nc1cccc(N(c2ccc(O)cc2)c2cccc(N)c2)c1. The van der Waals surface area contributed by atoms with Gasteiger partial charge in [-0.05, 0) is 60.7 Å². The Morgan fingerprint density at radius 2 is 1.14 bits per heavy atom. The number of phenolic OH excluding ortho intramolecular Hbond substituents is 1. The Morgan fingerprint density at radius 3 is 1.59 bits per heavy atom. The summed E-state index contributed by atoms with van der Waals surface area (Å²) in [4.78, 5) is 2.03. The van der Waals surface area contributed by atoms with Crippen molar-refractivity contribution in [1.82, 2.24) is 0 Å². The van der Waals surface area contributed by atoms with Crippen LogP contribution >= 0.6 is 0 Å². The van der Waals surface area contributed by atoms with Crippen molar-refractivity contribution < 1.29 is 5.11 Å². The van der Waals surface area contributed by atoms with E-state index in [0.29, 0.717) is 11.4 Å². The van der Waals surface area contributed by atoms with E-state index in [0.717, 1.165) is 17.1 Å². The first kappa shape index (κ1) is 13.8. The Balaban J connectivity index is 2.15. The number of nitrogen functional groups attached to an aromatic ring is 2. The molecule has 3 rings (SSSR count). The number of hydrogen-bond acceptors (Lipinski definition) is 4. The highest BCUT2D eigenvalue weighted by atomic mass is 16.3. The Labute approximate surface area is 129 Å². The van der Waals surface area contributed by atoms with Crippen molar-refractivity contribution in [2.45, 2.75) is 0 Å². The summed E-state index contributed by atoms with van der Waals surface area (Å²) in [6.07, 6.45) is 0. The van der Waals surface area contributed by atoms with Gasteiger partial charge in [0.1, 0.15) is 5.75 Å². The minimum absolute atomic E-state index is 0.226. The molecule has 0 unspecified atom stereocenters. The maximum absolute atomic E-state index is 9.51. The predicted octanol–water partition coefficient (Wildman–Crippen LogP) is 4.03. The maximum Gasteiger partial charge on any atom is 0.115 e. The molecule has 22 heavy (non-hydrogen) atoms. The fourth-order valence-corrected chi connectivity index (χ4v) is 2.38. The van der Waals surface area contributed by atoms with Crippen molar-refractivity contribution >= 4 is 28.4 Å². The summed E-state index contributed by atoms with van der Waals surface area (Å²) in [5, 5.41) is 9.51. The molecule has 0 bridgehead atoms. The minimum Gasteiger partial charge on any atom is -0.508 e. The summed E-state index contributed by atoms with van der Waals surface area (Å²) < 4.78 is 0. The zero-order valence-corrected chi connectivity index (χ0v) is 12.0. The van der Waals surface area contributed by atoms with Crippen molar-refractivity contribution in [2.75, 3.05) is 16.4 Å². The average molecular weight is 291 g/mol. The topological polar surface area (TPSA) is 75.5 Å². The van der Waals surface area contributed by atoms with E-state index >= 15 is 0 Å². The second kappa shape index (κ2) is 5.69. The van der Waals surface area contributed by atoms with E-state index in [1.54, 1.807) is 12.1 Å². The molecule has 0 amide bonds. The second-order valence-electron chi connectivity index (χ2n) is 5.04. The lowest BCUT2D eigenvalue weighted by molar-refractivity contribution is 0.475. The smallest absolute Gasteiger partial charge is 0.115 e. The van der Waals surface area contributed by atoms with Crippen LogP contribution in [0, 0.1) is 0 Å². The van der Waals surface area contributed by atoms with Gasteiger partial charge in [-0.15, -0.1) is 0 Å². The Hall–Kier alpha value is -3.14. The third-order valence-corrected chi connectivity index (χ3v) is 3.36. The van der Waals surface area contributed by atoms with E-state index in [1.807, 2.05) is 65.6 Å². The van der Waals surface area contributed by atoms with E-state index in [9.17, 15) is 5.11 Å². The Bertz CT molecular complexity index is 739. The Kier molecular flexibility index (Phi) is 3.58. The van der Waals surface area contributed by atoms with Crippen LogP contribution in [0.25, 0.3) is 0 Å². The molecule has 3 aromatic carbocycles. The normalized spacial score (nSPS) is 10.4. The lowest BCUT2D eigenvalue weighted by Crippen LogP contribution is -2.10. The molecule has 0 saturated carbocycles. The van der Waals surface area contributed by atoms with Crippen molar-refractivity contribution in [3.05, 3.63) is 72.8 Å². The van der Waals surface area contributed by atoms with Crippen LogP contribution in [0.3, 0.4) is 0 Å². The van der Waals surface area contributed by atoms with E-state index < -0.39 is 0 Å². The molecular formula is C18H17N3O. The molecule has 0 atom stereocenters. The number of nitrogens with zero attached hydrogens (tertiary/aromatic N) is 1. The quantitative estimate of drug-likeness (QED) is 0.637. The molecular weight excluding hydrogens is 274 g/mol. The Morgan fingerprint density at radius 1 is 0.636 bits per heavy atom. The summed E-state index contributed by atoms with van der Waals surface area (Å²) in [6, 6.07) is 22.3. The van der Waals surface area contributed by atoms with Gasteiger partial charge in [-0.1, -0.05) is 12.1 Å².